The molecule has 2 saturated heterocycles. The highest BCUT2D eigenvalue weighted by Gasteiger charge is 2.23. The first-order chi connectivity index (χ1) is 11.8. The number of aryl methyl sites for hydroxylation is 2. The first-order valence-corrected chi connectivity index (χ1v) is 9.44. The van der Waals surface area contributed by atoms with Gasteiger partial charge >= 0.3 is 0 Å². The third-order valence-electron chi connectivity index (χ3n) is 5.60. The molecule has 1 atom stereocenters. The normalized spacial score (nSPS) is 25.2. The molecule has 2 fully saturated rings. The molecule has 0 spiro atoms. The fourth-order valence-electron chi connectivity index (χ4n) is 4.11. The first-order valence-electron chi connectivity index (χ1n) is 9.44. The molecule has 3 aliphatic rings. The average molecular weight is 332 g/mol. The van der Waals surface area contributed by atoms with E-state index >= 15 is 0 Å². The Morgan fingerprint density at radius 1 is 1.08 bits per heavy atom. The minimum atomic E-state index is 0.0627. The summed E-state index contributed by atoms with van der Waals surface area (Å²) >= 11 is 0. The van der Waals surface area contributed by atoms with Crippen molar-refractivity contribution in [2.45, 2.75) is 44.8 Å². The molecule has 1 aromatic rings. The van der Waals surface area contributed by atoms with E-state index in [1.807, 2.05) is 0 Å². The minimum absolute atomic E-state index is 0.0627. The Hall–Kier alpha value is -1.24. The van der Waals surface area contributed by atoms with Crippen molar-refractivity contribution in [2.75, 3.05) is 45.9 Å². The fraction of sp³-hybridized carbons (Fsp3) is 0.778. The van der Waals surface area contributed by atoms with Crippen molar-refractivity contribution in [3.8, 4) is 0 Å². The maximum atomic E-state index is 12.2. The maximum Gasteiger partial charge on any atom is 0.267 e. The molecule has 6 nitrogen and oxygen atoms in total. The highest BCUT2D eigenvalue weighted by atomic mass is 16.5. The Labute approximate surface area is 143 Å². The van der Waals surface area contributed by atoms with Gasteiger partial charge in [0, 0.05) is 51.9 Å². The summed E-state index contributed by atoms with van der Waals surface area (Å²) in [6, 6.07) is 1.80. The van der Waals surface area contributed by atoms with Gasteiger partial charge in [0.05, 0.1) is 18.3 Å². The Balaban J connectivity index is 1.25. The second-order valence-corrected chi connectivity index (χ2v) is 7.31. The van der Waals surface area contributed by atoms with Gasteiger partial charge in [-0.15, -0.1) is 0 Å². The molecule has 1 aromatic heterocycles. The third kappa shape index (κ3) is 3.71. The Bertz CT molecular complexity index is 616. The topological polar surface area (TPSA) is 50.6 Å². The van der Waals surface area contributed by atoms with E-state index < -0.39 is 0 Å². The largest absolute Gasteiger partial charge is 0.377 e. The minimum Gasteiger partial charge on any atom is -0.377 e. The van der Waals surface area contributed by atoms with Gasteiger partial charge in [0.15, 0.2) is 0 Å². The van der Waals surface area contributed by atoms with E-state index in [-0.39, 0.29) is 5.56 Å². The van der Waals surface area contributed by atoms with Crippen LogP contribution < -0.4 is 5.56 Å². The molecule has 0 amide bonds. The molecular weight excluding hydrogens is 304 g/mol. The van der Waals surface area contributed by atoms with Gasteiger partial charge in [0.2, 0.25) is 0 Å². The molecule has 0 aromatic carbocycles. The van der Waals surface area contributed by atoms with Gasteiger partial charge in [-0.05, 0) is 37.7 Å². The van der Waals surface area contributed by atoms with Crippen molar-refractivity contribution in [1.82, 2.24) is 19.6 Å². The lowest BCUT2D eigenvalue weighted by Crippen LogP contribution is -2.49. The molecule has 132 valence electrons. The maximum absolute atomic E-state index is 12.2. The SMILES string of the molecule is O=c1cc2c(nn1CCN1CCN(CC3CCCO3)CC1)CCC2. The van der Waals surface area contributed by atoms with Crippen molar-refractivity contribution in [2.24, 2.45) is 0 Å². The van der Waals surface area contributed by atoms with Gasteiger partial charge in [0.25, 0.3) is 5.56 Å². The van der Waals surface area contributed by atoms with Crippen LogP contribution in [-0.2, 0) is 24.1 Å². The van der Waals surface area contributed by atoms with Crippen LogP contribution in [0.3, 0.4) is 0 Å². The highest BCUT2D eigenvalue weighted by molar-refractivity contribution is 5.22. The number of fused-ring (bicyclic) bond motifs is 1. The van der Waals surface area contributed by atoms with Crippen LogP contribution in [0.25, 0.3) is 0 Å². The van der Waals surface area contributed by atoms with Crippen LogP contribution in [0, 0.1) is 0 Å². The lowest BCUT2D eigenvalue weighted by atomic mass is 10.2. The van der Waals surface area contributed by atoms with Crippen LogP contribution in [0.5, 0.6) is 0 Å². The van der Waals surface area contributed by atoms with Gasteiger partial charge in [-0.2, -0.15) is 5.10 Å². The molecule has 3 heterocycles. The van der Waals surface area contributed by atoms with Crippen LogP contribution in [0.4, 0.5) is 0 Å². The predicted octanol–water partition coefficient (Wildman–Crippen LogP) is 0.529. The molecule has 0 radical (unpaired) electrons. The van der Waals surface area contributed by atoms with Gasteiger partial charge in [0.1, 0.15) is 0 Å². The summed E-state index contributed by atoms with van der Waals surface area (Å²) < 4.78 is 7.41. The standard InChI is InChI=1S/C18H28N4O2/c23-18-13-15-3-1-5-17(15)19-22(18)11-10-20-6-8-21(9-7-20)14-16-4-2-12-24-16/h13,16H,1-12,14H2. The van der Waals surface area contributed by atoms with Crippen molar-refractivity contribution in [3.05, 3.63) is 27.7 Å². The van der Waals surface area contributed by atoms with Crippen molar-refractivity contribution in [1.29, 1.82) is 0 Å². The van der Waals surface area contributed by atoms with Crippen LogP contribution in [0.1, 0.15) is 30.5 Å². The van der Waals surface area contributed by atoms with E-state index in [0.29, 0.717) is 12.6 Å². The molecule has 0 saturated carbocycles. The predicted molar refractivity (Wildman–Crippen MR) is 92.4 cm³/mol. The van der Waals surface area contributed by atoms with Crippen LogP contribution in [0.2, 0.25) is 0 Å². The average Bonchev–Trinajstić information content (AvgIpc) is 3.25. The van der Waals surface area contributed by atoms with Gasteiger partial charge in [-0.3, -0.25) is 14.6 Å². The lowest BCUT2D eigenvalue weighted by molar-refractivity contribution is 0.0495. The van der Waals surface area contributed by atoms with Crippen LogP contribution >= 0.6 is 0 Å². The van der Waals surface area contributed by atoms with E-state index in [1.54, 1.807) is 10.7 Å². The summed E-state index contributed by atoms with van der Waals surface area (Å²) in [6.07, 6.45) is 6.06. The molecule has 1 aliphatic carbocycles. The Kier molecular flexibility index (Phi) is 4.96. The van der Waals surface area contributed by atoms with E-state index in [0.717, 1.165) is 70.8 Å². The smallest absolute Gasteiger partial charge is 0.267 e. The van der Waals surface area contributed by atoms with Gasteiger partial charge in [-0.25, -0.2) is 4.68 Å². The van der Waals surface area contributed by atoms with Gasteiger partial charge in [-0.1, -0.05) is 0 Å². The van der Waals surface area contributed by atoms with Crippen molar-refractivity contribution >= 4 is 0 Å². The second kappa shape index (κ2) is 7.33. The summed E-state index contributed by atoms with van der Waals surface area (Å²) in [5.41, 5.74) is 2.36. The Morgan fingerprint density at radius 2 is 1.92 bits per heavy atom. The third-order valence-corrected chi connectivity index (χ3v) is 5.60. The lowest BCUT2D eigenvalue weighted by Gasteiger charge is -2.35. The zero-order valence-electron chi connectivity index (χ0n) is 14.5. The number of nitrogens with zero attached hydrogens (tertiary/aromatic N) is 4. The van der Waals surface area contributed by atoms with E-state index in [2.05, 4.69) is 14.9 Å². The highest BCUT2D eigenvalue weighted by Crippen LogP contribution is 2.17. The summed E-state index contributed by atoms with van der Waals surface area (Å²) in [6.45, 7) is 8.00. The molecule has 1 unspecified atom stereocenters. The number of rotatable bonds is 5. The van der Waals surface area contributed by atoms with E-state index in [1.165, 1.54) is 18.4 Å². The number of hydrogen-bond acceptors (Lipinski definition) is 5. The van der Waals surface area contributed by atoms with Crippen LogP contribution in [-0.4, -0.2) is 71.6 Å². The monoisotopic (exact) mass is 332 g/mol. The van der Waals surface area contributed by atoms with Crippen LogP contribution in [0.15, 0.2) is 10.9 Å². The number of ether oxygens (including phenoxy) is 1. The quantitative estimate of drug-likeness (QED) is 0.787. The number of piperazine rings is 1. The summed E-state index contributed by atoms with van der Waals surface area (Å²) in [5, 5.41) is 4.57. The summed E-state index contributed by atoms with van der Waals surface area (Å²) in [7, 11) is 0. The van der Waals surface area contributed by atoms with Crippen molar-refractivity contribution in [3.63, 3.8) is 0 Å². The number of aromatic nitrogens is 2. The molecule has 0 bridgehead atoms. The second-order valence-electron chi connectivity index (χ2n) is 7.31. The summed E-state index contributed by atoms with van der Waals surface area (Å²) in [4.78, 5) is 17.1. The molecule has 4 rings (SSSR count). The molecule has 24 heavy (non-hydrogen) atoms. The fourth-order valence-corrected chi connectivity index (χ4v) is 4.11. The molecule has 0 N–H and O–H groups in total. The molecule has 6 heteroatoms. The molecule has 2 aliphatic heterocycles. The van der Waals surface area contributed by atoms with Crippen molar-refractivity contribution < 1.29 is 4.74 Å². The summed E-state index contributed by atoms with van der Waals surface area (Å²) in [5.74, 6) is 0. The first kappa shape index (κ1) is 16.2. The van der Waals surface area contributed by atoms with E-state index in [9.17, 15) is 4.79 Å². The van der Waals surface area contributed by atoms with Gasteiger partial charge < -0.3 is 4.74 Å². The van der Waals surface area contributed by atoms with E-state index in [4.69, 9.17) is 4.74 Å². The zero-order chi connectivity index (χ0) is 16.4. The molecular formula is C18H28N4O2. The Morgan fingerprint density at radius 3 is 2.71 bits per heavy atom. The zero-order valence-corrected chi connectivity index (χ0v) is 14.5. The number of hydrogen-bond donors (Lipinski definition) is 0.